The molecule has 8 heteroatoms. The predicted molar refractivity (Wildman–Crippen MR) is 127 cm³/mol. The summed E-state index contributed by atoms with van der Waals surface area (Å²) in [5.41, 5.74) is 2.99. The summed E-state index contributed by atoms with van der Waals surface area (Å²) in [6.07, 6.45) is 1.03. The minimum atomic E-state index is -0.533. The highest BCUT2D eigenvalue weighted by molar-refractivity contribution is 5.99. The quantitative estimate of drug-likeness (QED) is 0.617. The van der Waals surface area contributed by atoms with E-state index >= 15 is 0 Å². The molecule has 0 unspecified atom stereocenters. The molecule has 1 aromatic heterocycles. The summed E-state index contributed by atoms with van der Waals surface area (Å²) < 4.78 is 15.0. The molecule has 7 nitrogen and oxygen atoms in total. The van der Waals surface area contributed by atoms with Crippen LogP contribution in [-0.4, -0.2) is 28.6 Å². The maximum absolute atomic E-state index is 13.2. The zero-order valence-corrected chi connectivity index (χ0v) is 18.5. The number of hydrogen-bond donors (Lipinski definition) is 2. The third kappa shape index (κ3) is 4.56. The van der Waals surface area contributed by atoms with Gasteiger partial charge in [-0.25, -0.2) is 9.18 Å². The van der Waals surface area contributed by atoms with E-state index in [1.165, 1.54) is 12.1 Å². The van der Waals surface area contributed by atoms with Crippen molar-refractivity contribution in [1.82, 2.24) is 9.47 Å². The lowest BCUT2D eigenvalue weighted by Crippen LogP contribution is -2.47. The Morgan fingerprint density at radius 1 is 1.06 bits per heavy atom. The zero-order valence-electron chi connectivity index (χ0n) is 18.5. The standard InChI is InChI=1S/C26H24FN5O2/c27-21-6-4-17(5-7-21)13-31-14-19-10-20(16-31)24-9-8-23(25(33)32(24)15-19)30-26(34)29-22-3-1-2-18(11-22)12-28/h1-9,11,19-20H,10,13-16H2,(H2,29,30,34)/t19-,20-/m1/s1. The van der Waals surface area contributed by atoms with Gasteiger partial charge < -0.3 is 15.2 Å². The van der Waals surface area contributed by atoms with Gasteiger partial charge >= 0.3 is 6.03 Å². The minimum absolute atomic E-state index is 0.208. The molecule has 2 aromatic carbocycles. The fourth-order valence-corrected chi connectivity index (χ4v) is 5.07. The van der Waals surface area contributed by atoms with Crippen LogP contribution >= 0.6 is 0 Å². The van der Waals surface area contributed by atoms with Crippen molar-refractivity contribution in [3.8, 4) is 6.07 Å². The van der Waals surface area contributed by atoms with E-state index in [0.717, 1.165) is 37.3 Å². The number of benzene rings is 2. The normalized spacial score (nSPS) is 19.1. The maximum atomic E-state index is 13.2. The highest BCUT2D eigenvalue weighted by Gasteiger charge is 2.35. The van der Waals surface area contributed by atoms with Crippen molar-refractivity contribution >= 4 is 17.4 Å². The Balaban J connectivity index is 1.29. The van der Waals surface area contributed by atoms with E-state index < -0.39 is 6.03 Å². The first kappa shape index (κ1) is 21.9. The molecule has 34 heavy (non-hydrogen) atoms. The number of nitrogens with one attached hydrogen (secondary N) is 2. The van der Waals surface area contributed by atoms with Crippen LogP contribution in [-0.2, 0) is 13.1 Å². The van der Waals surface area contributed by atoms with Crippen molar-refractivity contribution in [2.45, 2.75) is 25.4 Å². The number of nitrogens with zero attached hydrogens (tertiary/aromatic N) is 3. The fourth-order valence-electron chi connectivity index (χ4n) is 5.07. The van der Waals surface area contributed by atoms with Crippen LogP contribution in [0.25, 0.3) is 0 Å². The Morgan fingerprint density at radius 2 is 1.88 bits per heavy atom. The SMILES string of the molecule is N#Cc1cccc(NC(=O)Nc2ccc3n(c2=O)C[C@@H]2C[C@@H]3CN(Cc3ccc(F)cc3)C2)c1. The van der Waals surface area contributed by atoms with Crippen LogP contribution in [0.15, 0.2) is 65.5 Å². The van der Waals surface area contributed by atoms with Gasteiger partial charge in [0.2, 0.25) is 0 Å². The van der Waals surface area contributed by atoms with Gasteiger partial charge in [0, 0.05) is 43.5 Å². The first-order valence-corrected chi connectivity index (χ1v) is 11.3. The summed E-state index contributed by atoms with van der Waals surface area (Å²) in [5, 5.41) is 14.3. The molecule has 0 radical (unpaired) electrons. The predicted octanol–water partition coefficient (Wildman–Crippen LogP) is 4.12. The molecule has 2 atom stereocenters. The monoisotopic (exact) mass is 457 g/mol. The molecule has 5 rings (SSSR count). The Labute approximate surface area is 196 Å². The van der Waals surface area contributed by atoms with Crippen LogP contribution in [0.3, 0.4) is 0 Å². The fraction of sp³-hybridized carbons (Fsp3) is 0.269. The van der Waals surface area contributed by atoms with Crippen LogP contribution in [0.2, 0.25) is 0 Å². The lowest BCUT2D eigenvalue weighted by Gasteiger charge is -2.43. The van der Waals surface area contributed by atoms with Crippen molar-refractivity contribution < 1.29 is 9.18 Å². The van der Waals surface area contributed by atoms with Gasteiger partial charge in [-0.3, -0.25) is 9.69 Å². The molecule has 172 valence electrons. The van der Waals surface area contributed by atoms with Crippen LogP contribution in [0.5, 0.6) is 0 Å². The number of hydrogen-bond acceptors (Lipinski definition) is 4. The number of amides is 2. The van der Waals surface area contributed by atoms with Crippen LogP contribution in [0.4, 0.5) is 20.6 Å². The summed E-state index contributed by atoms with van der Waals surface area (Å²) in [5.74, 6) is 0.334. The van der Waals surface area contributed by atoms with Crippen molar-refractivity contribution in [3.63, 3.8) is 0 Å². The molecule has 3 heterocycles. The van der Waals surface area contributed by atoms with Gasteiger partial charge in [-0.1, -0.05) is 18.2 Å². The Bertz CT molecular complexity index is 1330. The van der Waals surface area contributed by atoms with Gasteiger partial charge in [0.25, 0.3) is 5.56 Å². The van der Waals surface area contributed by atoms with E-state index in [2.05, 4.69) is 15.5 Å². The topological polar surface area (TPSA) is 90.2 Å². The molecule has 0 spiro atoms. The first-order chi connectivity index (χ1) is 16.5. The Hall–Kier alpha value is -3.96. The van der Waals surface area contributed by atoms with Crippen LogP contribution in [0, 0.1) is 23.1 Å². The molecule has 1 fully saturated rings. The molecule has 2 amide bonds. The largest absolute Gasteiger partial charge is 0.323 e. The molecule has 2 N–H and O–H groups in total. The van der Waals surface area contributed by atoms with E-state index in [0.29, 0.717) is 23.7 Å². The number of nitriles is 1. The second-order valence-corrected chi connectivity index (χ2v) is 8.98. The highest BCUT2D eigenvalue weighted by atomic mass is 19.1. The van der Waals surface area contributed by atoms with E-state index in [1.54, 1.807) is 34.9 Å². The van der Waals surface area contributed by atoms with Crippen molar-refractivity contribution in [2.75, 3.05) is 23.7 Å². The van der Waals surface area contributed by atoms with Gasteiger partial charge in [-0.05, 0) is 60.4 Å². The number of aromatic nitrogens is 1. The smallest absolute Gasteiger partial charge is 0.310 e. The Morgan fingerprint density at radius 3 is 2.68 bits per heavy atom. The number of anilines is 2. The summed E-state index contributed by atoms with van der Waals surface area (Å²) >= 11 is 0. The van der Waals surface area contributed by atoms with E-state index in [9.17, 15) is 14.0 Å². The highest BCUT2D eigenvalue weighted by Crippen LogP contribution is 2.36. The minimum Gasteiger partial charge on any atom is -0.310 e. The number of carbonyl (C=O) groups excluding carboxylic acids is 1. The summed E-state index contributed by atoms with van der Waals surface area (Å²) in [4.78, 5) is 28.0. The molecule has 0 saturated carbocycles. The number of pyridine rings is 1. The van der Waals surface area contributed by atoms with Crippen LogP contribution < -0.4 is 16.2 Å². The molecule has 2 bridgehead atoms. The molecule has 0 aliphatic carbocycles. The molecular weight excluding hydrogens is 433 g/mol. The number of rotatable bonds is 4. The van der Waals surface area contributed by atoms with E-state index in [4.69, 9.17) is 5.26 Å². The van der Waals surface area contributed by atoms with Gasteiger partial charge in [0.15, 0.2) is 0 Å². The number of piperidine rings is 1. The zero-order chi connectivity index (χ0) is 23.7. The van der Waals surface area contributed by atoms with E-state index in [1.807, 2.05) is 24.3 Å². The van der Waals surface area contributed by atoms with Gasteiger partial charge in [0.05, 0.1) is 11.6 Å². The number of likely N-dealkylation sites (tertiary alicyclic amines) is 1. The van der Waals surface area contributed by atoms with Gasteiger partial charge in [0.1, 0.15) is 11.5 Å². The summed E-state index contributed by atoms with van der Waals surface area (Å²) in [7, 11) is 0. The molecule has 3 aromatic rings. The Kier molecular flexibility index (Phi) is 5.86. The number of carbonyl (C=O) groups is 1. The van der Waals surface area contributed by atoms with Crippen molar-refractivity contribution in [2.24, 2.45) is 5.92 Å². The maximum Gasteiger partial charge on any atom is 0.323 e. The third-order valence-electron chi connectivity index (χ3n) is 6.50. The second-order valence-electron chi connectivity index (χ2n) is 8.98. The number of halogens is 1. The average Bonchev–Trinajstić information content (AvgIpc) is 2.83. The summed E-state index contributed by atoms with van der Waals surface area (Å²) in [6, 6.07) is 18.3. The number of urea groups is 1. The van der Waals surface area contributed by atoms with Crippen molar-refractivity contribution in [3.05, 3.63) is 93.7 Å². The van der Waals surface area contributed by atoms with Gasteiger partial charge in [-0.15, -0.1) is 0 Å². The first-order valence-electron chi connectivity index (χ1n) is 11.3. The lowest BCUT2D eigenvalue weighted by molar-refractivity contribution is 0.114. The molecule has 1 saturated heterocycles. The van der Waals surface area contributed by atoms with E-state index in [-0.39, 0.29) is 23.0 Å². The molecule has 2 aliphatic rings. The number of fused-ring (bicyclic) bond motifs is 4. The summed E-state index contributed by atoms with van der Waals surface area (Å²) in [6.45, 7) is 3.05. The third-order valence-corrected chi connectivity index (χ3v) is 6.50. The van der Waals surface area contributed by atoms with Crippen LogP contribution in [0.1, 0.15) is 29.2 Å². The molecular formula is C26H24FN5O2. The second kappa shape index (κ2) is 9.12. The van der Waals surface area contributed by atoms with Crippen molar-refractivity contribution in [1.29, 1.82) is 5.26 Å². The molecule has 2 aliphatic heterocycles. The van der Waals surface area contributed by atoms with Gasteiger partial charge in [-0.2, -0.15) is 5.26 Å². The average molecular weight is 458 g/mol. The lowest BCUT2D eigenvalue weighted by atomic mass is 9.83.